The Morgan fingerprint density at radius 3 is 2.28 bits per heavy atom. The van der Waals surface area contributed by atoms with Gasteiger partial charge in [-0.3, -0.25) is 4.79 Å². The molecule has 3 rings (SSSR count). The van der Waals surface area contributed by atoms with Gasteiger partial charge in [0.15, 0.2) is 0 Å². The maximum atomic E-state index is 12.4. The van der Waals surface area contributed by atoms with Crippen LogP contribution in [-0.2, 0) is 11.2 Å². The summed E-state index contributed by atoms with van der Waals surface area (Å²) < 4.78 is 0. The van der Waals surface area contributed by atoms with Crippen LogP contribution >= 0.6 is 0 Å². The van der Waals surface area contributed by atoms with Crippen LogP contribution < -0.4 is 4.90 Å². The van der Waals surface area contributed by atoms with Gasteiger partial charge >= 0.3 is 0 Å². The Labute approximate surface area is 149 Å². The molecule has 0 atom stereocenters. The first-order valence-corrected chi connectivity index (χ1v) is 8.73. The maximum absolute atomic E-state index is 12.4. The number of carbonyl (C=O) groups excluding carboxylic acids is 1. The van der Waals surface area contributed by atoms with Gasteiger partial charge in [-0.05, 0) is 35.8 Å². The molecule has 0 bridgehead atoms. The Bertz CT molecular complexity index is 702. The molecule has 2 aromatic rings. The van der Waals surface area contributed by atoms with E-state index < -0.39 is 0 Å². The Morgan fingerprint density at radius 1 is 0.960 bits per heavy atom. The number of nitrogens with zero attached hydrogens (tertiary/aromatic N) is 2. The monoisotopic (exact) mass is 336 g/mol. The molecule has 0 spiro atoms. The zero-order valence-corrected chi connectivity index (χ0v) is 14.3. The number of para-hydroxylation sites is 1. The quantitative estimate of drug-likeness (QED) is 0.854. The average molecular weight is 336 g/mol. The molecule has 2 aromatic carbocycles. The molecular formula is C21H24N2O2. The number of aliphatic hydroxyl groups excluding tert-OH is 1. The van der Waals surface area contributed by atoms with Crippen molar-refractivity contribution < 1.29 is 9.90 Å². The van der Waals surface area contributed by atoms with Gasteiger partial charge in [0, 0.05) is 44.5 Å². The van der Waals surface area contributed by atoms with E-state index in [2.05, 4.69) is 17.0 Å². The number of aliphatic hydroxyl groups is 1. The topological polar surface area (TPSA) is 43.8 Å². The summed E-state index contributed by atoms with van der Waals surface area (Å²) in [6, 6.07) is 18.2. The van der Waals surface area contributed by atoms with Crippen molar-refractivity contribution in [1.82, 2.24) is 4.90 Å². The van der Waals surface area contributed by atoms with Crippen molar-refractivity contribution in [1.29, 1.82) is 0 Å². The molecule has 4 heteroatoms. The van der Waals surface area contributed by atoms with Crippen molar-refractivity contribution in [3.63, 3.8) is 0 Å². The van der Waals surface area contributed by atoms with Crippen LogP contribution in [0.4, 0.5) is 5.69 Å². The molecule has 1 aliphatic rings. The summed E-state index contributed by atoms with van der Waals surface area (Å²) in [6.45, 7) is 3.36. The number of benzene rings is 2. The molecule has 0 saturated carbocycles. The summed E-state index contributed by atoms with van der Waals surface area (Å²) in [4.78, 5) is 16.6. The van der Waals surface area contributed by atoms with Crippen LogP contribution in [0.15, 0.2) is 60.7 Å². The van der Waals surface area contributed by atoms with Crippen molar-refractivity contribution in [2.75, 3.05) is 37.7 Å². The first-order chi connectivity index (χ1) is 12.3. The fourth-order valence-corrected chi connectivity index (χ4v) is 3.02. The van der Waals surface area contributed by atoms with E-state index in [0.717, 1.165) is 37.3 Å². The second kappa shape index (κ2) is 8.49. The molecule has 1 amide bonds. The van der Waals surface area contributed by atoms with Crippen LogP contribution in [0, 0.1) is 0 Å². The molecule has 0 unspecified atom stereocenters. The molecule has 1 aliphatic heterocycles. The molecule has 130 valence electrons. The van der Waals surface area contributed by atoms with Crippen LogP contribution in [0.3, 0.4) is 0 Å². The first kappa shape index (κ1) is 17.2. The summed E-state index contributed by atoms with van der Waals surface area (Å²) in [6.07, 6.45) is 4.17. The first-order valence-electron chi connectivity index (χ1n) is 8.73. The largest absolute Gasteiger partial charge is 0.396 e. The number of carbonyl (C=O) groups is 1. The van der Waals surface area contributed by atoms with Crippen LogP contribution in [-0.4, -0.2) is 48.7 Å². The number of amides is 1. The smallest absolute Gasteiger partial charge is 0.246 e. The lowest BCUT2D eigenvalue weighted by Gasteiger charge is -2.35. The molecular weight excluding hydrogens is 312 g/mol. The molecule has 4 nitrogen and oxygen atoms in total. The predicted octanol–water partition coefficient (Wildman–Crippen LogP) is 2.58. The SMILES string of the molecule is O=C(/C=C/c1ccc(CCO)cc1)N1CCN(c2ccccc2)CC1. The van der Waals surface area contributed by atoms with Gasteiger partial charge in [0.1, 0.15) is 0 Å². The van der Waals surface area contributed by atoms with Crippen LogP contribution in [0.5, 0.6) is 0 Å². The Kier molecular flexibility index (Phi) is 5.86. The van der Waals surface area contributed by atoms with E-state index in [-0.39, 0.29) is 12.5 Å². The maximum Gasteiger partial charge on any atom is 0.246 e. The van der Waals surface area contributed by atoms with Crippen LogP contribution in [0.2, 0.25) is 0 Å². The lowest BCUT2D eigenvalue weighted by Crippen LogP contribution is -2.48. The molecule has 25 heavy (non-hydrogen) atoms. The lowest BCUT2D eigenvalue weighted by atomic mass is 10.1. The Balaban J connectivity index is 1.52. The number of rotatable bonds is 5. The van der Waals surface area contributed by atoms with Crippen LogP contribution in [0.25, 0.3) is 6.08 Å². The average Bonchev–Trinajstić information content (AvgIpc) is 2.68. The summed E-state index contributed by atoms with van der Waals surface area (Å²) in [5, 5.41) is 8.93. The Morgan fingerprint density at radius 2 is 1.64 bits per heavy atom. The van der Waals surface area contributed by atoms with Crippen molar-refractivity contribution in [3.8, 4) is 0 Å². The number of piperazine rings is 1. The Hall–Kier alpha value is -2.59. The zero-order chi connectivity index (χ0) is 17.5. The second-order valence-electron chi connectivity index (χ2n) is 6.20. The predicted molar refractivity (Wildman–Crippen MR) is 102 cm³/mol. The molecule has 1 fully saturated rings. The fourth-order valence-electron chi connectivity index (χ4n) is 3.02. The third kappa shape index (κ3) is 4.70. The third-order valence-corrected chi connectivity index (χ3v) is 4.51. The van der Waals surface area contributed by atoms with E-state index >= 15 is 0 Å². The summed E-state index contributed by atoms with van der Waals surface area (Å²) in [5.41, 5.74) is 3.31. The minimum Gasteiger partial charge on any atom is -0.396 e. The standard InChI is InChI=1S/C21H24N2O2/c24-17-12-19-8-6-18(7-9-19)10-11-21(25)23-15-13-22(14-16-23)20-4-2-1-3-5-20/h1-11,24H,12-17H2/b11-10+. The van der Waals surface area contributed by atoms with Gasteiger partial charge in [-0.1, -0.05) is 42.5 Å². The highest BCUT2D eigenvalue weighted by Crippen LogP contribution is 2.16. The van der Waals surface area contributed by atoms with Crippen molar-refractivity contribution in [3.05, 3.63) is 71.8 Å². The van der Waals surface area contributed by atoms with Crippen molar-refractivity contribution >= 4 is 17.7 Å². The number of hydrogen-bond donors (Lipinski definition) is 1. The molecule has 1 saturated heterocycles. The molecule has 1 heterocycles. The molecule has 1 N–H and O–H groups in total. The van der Waals surface area contributed by atoms with Gasteiger partial charge in [0.25, 0.3) is 0 Å². The molecule has 0 radical (unpaired) electrons. The zero-order valence-electron chi connectivity index (χ0n) is 14.3. The van der Waals surface area contributed by atoms with E-state index in [1.165, 1.54) is 5.69 Å². The summed E-state index contributed by atoms with van der Waals surface area (Å²) >= 11 is 0. The number of hydrogen-bond acceptors (Lipinski definition) is 3. The second-order valence-corrected chi connectivity index (χ2v) is 6.20. The fraction of sp³-hybridized carbons (Fsp3) is 0.286. The number of anilines is 1. The van der Waals surface area contributed by atoms with Gasteiger partial charge in [-0.25, -0.2) is 0 Å². The van der Waals surface area contributed by atoms with Gasteiger partial charge in [0.05, 0.1) is 0 Å². The summed E-state index contributed by atoms with van der Waals surface area (Å²) in [5.74, 6) is 0.0622. The highest BCUT2D eigenvalue weighted by Gasteiger charge is 2.19. The normalized spacial score (nSPS) is 14.9. The van der Waals surface area contributed by atoms with Gasteiger partial charge < -0.3 is 14.9 Å². The van der Waals surface area contributed by atoms with E-state index in [0.29, 0.717) is 6.42 Å². The van der Waals surface area contributed by atoms with E-state index in [4.69, 9.17) is 5.11 Å². The molecule has 0 aromatic heterocycles. The van der Waals surface area contributed by atoms with E-state index in [1.54, 1.807) is 6.08 Å². The van der Waals surface area contributed by atoms with Gasteiger partial charge in [-0.15, -0.1) is 0 Å². The highest BCUT2D eigenvalue weighted by molar-refractivity contribution is 5.92. The van der Waals surface area contributed by atoms with Gasteiger partial charge in [-0.2, -0.15) is 0 Å². The minimum absolute atomic E-state index is 0.0622. The summed E-state index contributed by atoms with van der Waals surface area (Å²) in [7, 11) is 0. The van der Waals surface area contributed by atoms with E-state index in [9.17, 15) is 4.79 Å². The minimum atomic E-state index is 0.0622. The van der Waals surface area contributed by atoms with Crippen molar-refractivity contribution in [2.45, 2.75) is 6.42 Å². The van der Waals surface area contributed by atoms with Gasteiger partial charge in [0.2, 0.25) is 5.91 Å². The van der Waals surface area contributed by atoms with Crippen LogP contribution in [0.1, 0.15) is 11.1 Å². The highest BCUT2D eigenvalue weighted by atomic mass is 16.3. The molecule has 0 aliphatic carbocycles. The lowest BCUT2D eigenvalue weighted by molar-refractivity contribution is -0.126. The third-order valence-electron chi connectivity index (χ3n) is 4.51. The van der Waals surface area contributed by atoms with Crippen molar-refractivity contribution in [2.24, 2.45) is 0 Å². The van der Waals surface area contributed by atoms with E-state index in [1.807, 2.05) is 53.4 Å².